The summed E-state index contributed by atoms with van der Waals surface area (Å²) >= 11 is 0. The molecule has 1 fully saturated rings. The van der Waals surface area contributed by atoms with Crippen LogP contribution >= 0.6 is 0 Å². The molecule has 1 unspecified atom stereocenters. The zero-order valence-electron chi connectivity index (χ0n) is 12.9. The Labute approximate surface area is 133 Å². The summed E-state index contributed by atoms with van der Waals surface area (Å²) in [6.07, 6.45) is 5.26. The van der Waals surface area contributed by atoms with E-state index in [1.165, 1.54) is 12.7 Å². The molecule has 2 amide bonds. The van der Waals surface area contributed by atoms with Crippen LogP contribution in [0.5, 0.6) is 0 Å². The quantitative estimate of drug-likeness (QED) is 0.930. The minimum Gasteiger partial charge on any atom is -0.459 e. The highest BCUT2D eigenvalue weighted by Crippen LogP contribution is 2.20. The molecule has 2 aromatic heterocycles. The maximum Gasteiger partial charge on any atom is 0.290 e. The lowest BCUT2D eigenvalue weighted by Crippen LogP contribution is -2.51. The predicted octanol–water partition coefficient (Wildman–Crippen LogP) is 1.89. The fraction of sp³-hybridized carbons (Fsp3) is 0.438. The van der Waals surface area contributed by atoms with Crippen molar-refractivity contribution in [1.82, 2.24) is 15.2 Å². The van der Waals surface area contributed by atoms with Crippen LogP contribution in [-0.2, 0) is 11.3 Å². The summed E-state index contributed by atoms with van der Waals surface area (Å²) in [5.41, 5.74) is 0.748. The first-order valence-corrected chi connectivity index (χ1v) is 7.68. The molecule has 23 heavy (non-hydrogen) atoms. The number of aryl methyl sites for hydroxylation is 1. The van der Waals surface area contributed by atoms with Crippen LogP contribution in [0, 0.1) is 6.92 Å². The second-order valence-corrected chi connectivity index (χ2v) is 5.57. The minimum atomic E-state index is -0.482. The van der Waals surface area contributed by atoms with E-state index in [9.17, 15) is 9.59 Å². The second kappa shape index (κ2) is 6.68. The van der Waals surface area contributed by atoms with E-state index in [1.807, 2.05) is 6.92 Å². The van der Waals surface area contributed by atoms with E-state index in [0.717, 1.165) is 18.5 Å². The Hall–Kier alpha value is -2.57. The molecule has 7 nitrogen and oxygen atoms in total. The molecular weight excluding hydrogens is 298 g/mol. The number of amides is 2. The van der Waals surface area contributed by atoms with Crippen molar-refractivity contribution in [2.45, 2.75) is 38.8 Å². The van der Waals surface area contributed by atoms with Gasteiger partial charge in [0.05, 0.1) is 18.5 Å². The Morgan fingerprint density at radius 3 is 2.96 bits per heavy atom. The number of likely N-dealkylation sites (tertiary alicyclic amines) is 1. The molecule has 1 aliphatic rings. The van der Waals surface area contributed by atoms with Gasteiger partial charge in [-0.1, -0.05) is 0 Å². The van der Waals surface area contributed by atoms with Crippen molar-refractivity contribution in [3.63, 3.8) is 0 Å². The molecule has 1 aliphatic heterocycles. The van der Waals surface area contributed by atoms with E-state index in [0.29, 0.717) is 18.7 Å². The first-order chi connectivity index (χ1) is 11.2. The predicted molar refractivity (Wildman–Crippen MR) is 80.5 cm³/mol. The van der Waals surface area contributed by atoms with E-state index in [2.05, 4.69) is 10.3 Å². The van der Waals surface area contributed by atoms with Crippen molar-refractivity contribution < 1.29 is 18.4 Å². The van der Waals surface area contributed by atoms with Gasteiger partial charge < -0.3 is 19.1 Å². The molecule has 7 heteroatoms. The molecule has 1 saturated heterocycles. The third-order valence-electron chi connectivity index (χ3n) is 4.07. The average Bonchev–Trinajstić information content (AvgIpc) is 3.24. The highest BCUT2D eigenvalue weighted by atomic mass is 16.3. The van der Waals surface area contributed by atoms with Gasteiger partial charge >= 0.3 is 0 Å². The first-order valence-electron chi connectivity index (χ1n) is 7.68. The number of piperidine rings is 1. The zero-order valence-corrected chi connectivity index (χ0v) is 12.9. The van der Waals surface area contributed by atoms with Gasteiger partial charge in [0.1, 0.15) is 11.8 Å². The number of furan rings is 1. The number of rotatable bonds is 4. The first kappa shape index (κ1) is 15.3. The van der Waals surface area contributed by atoms with Gasteiger partial charge in [0.15, 0.2) is 12.2 Å². The molecule has 2 aromatic rings. The number of hydrogen-bond acceptors (Lipinski definition) is 5. The number of aromatic nitrogens is 1. The van der Waals surface area contributed by atoms with Crippen LogP contribution < -0.4 is 5.32 Å². The number of hydrogen-bond donors (Lipinski definition) is 1. The normalized spacial score (nSPS) is 18.0. The van der Waals surface area contributed by atoms with Gasteiger partial charge in [-0.15, -0.1) is 0 Å². The summed E-state index contributed by atoms with van der Waals surface area (Å²) in [6, 6.07) is 2.80. The summed E-state index contributed by atoms with van der Waals surface area (Å²) in [7, 11) is 0. The average molecular weight is 317 g/mol. The molecule has 3 rings (SSSR count). The topological polar surface area (TPSA) is 88.6 Å². The number of nitrogens with one attached hydrogen (secondary N) is 1. The molecule has 3 heterocycles. The van der Waals surface area contributed by atoms with Crippen molar-refractivity contribution in [2.24, 2.45) is 0 Å². The summed E-state index contributed by atoms with van der Waals surface area (Å²) in [6.45, 7) is 2.64. The molecule has 0 bridgehead atoms. The molecule has 0 aromatic carbocycles. The van der Waals surface area contributed by atoms with E-state index < -0.39 is 6.04 Å². The fourth-order valence-electron chi connectivity index (χ4n) is 2.77. The van der Waals surface area contributed by atoms with Crippen molar-refractivity contribution >= 4 is 11.8 Å². The maximum absolute atomic E-state index is 12.5. The SMILES string of the molecule is Cc1ncoc1CNC(=O)C1CCCCN1C(=O)c1ccco1. The van der Waals surface area contributed by atoms with E-state index in [-0.39, 0.29) is 24.1 Å². The largest absolute Gasteiger partial charge is 0.459 e. The van der Waals surface area contributed by atoms with Crippen LogP contribution in [0.1, 0.15) is 41.3 Å². The maximum atomic E-state index is 12.5. The van der Waals surface area contributed by atoms with Crippen molar-refractivity contribution in [3.05, 3.63) is 42.0 Å². The van der Waals surface area contributed by atoms with Gasteiger partial charge in [0, 0.05) is 6.54 Å². The summed E-state index contributed by atoms with van der Waals surface area (Å²) in [5.74, 6) is 0.458. The Bertz CT molecular complexity index is 677. The van der Waals surface area contributed by atoms with Crippen LogP contribution in [0.15, 0.2) is 33.6 Å². The summed E-state index contributed by atoms with van der Waals surface area (Å²) in [4.78, 5) is 30.6. The van der Waals surface area contributed by atoms with Crippen molar-refractivity contribution in [3.8, 4) is 0 Å². The molecule has 0 spiro atoms. The highest BCUT2D eigenvalue weighted by Gasteiger charge is 2.33. The third kappa shape index (κ3) is 3.28. The van der Waals surface area contributed by atoms with E-state index in [4.69, 9.17) is 8.83 Å². The standard InChI is InChI=1S/C16H19N3O4/c1-11-14(23-10-18-11)9-17-15(20)12-5-2-3-7-19(12)16(21)13-6-4-8-22-13/h4,6,8,10,12H,2-3,5,7,9H2,1H3,(H,17,20). The second-order valence-electron chi connectivity index (χ2n) is 5.57. The third-order valence-corrected chi connectivity index (χ3v) is 4.07. The van der Waals surface area contributed by atoms with Gasteiger partial charge in [0.2, 0.25) is 5.91 Å². The Morgan fingerprint density at radius 2 is 2.26 bits per heavy atom. The summed E-state index contributed by atoms with van der Waals surface area (Å²) < 4.78 is 10.4. The summed E-state index contributed by atoms with van der Waals surface area (Å²) in [5, 5.41) is 2.83. The monoisotopic (exact) mass is 317 g/mol. The van der Waals surface area contributed by atoms with Crippen molar-refractivity contribution in [2.75, 3.05) is 6.54 Å². The van der Waals surface area contributed by atoms with Crippen molar-refractivity contribution in [1.29, 1.82) is 0 Å². The van der Waals surface area contributed by atoms with Crippen LogP contribution in [0.2, 0.25) is 0 Å². The zero-order chi connectivity index (χ0) is 16.2. The number of nitrogens with zero attached hydrogens (tertiary/aromatic N) is 2. The van der Waals surface area contributed by atoms with Crippen LogP contribution in [0.3, 0.4) is 0 Å². The van der Waals surface area contributed by atoms with E-state index >= 15 is 0 Å². The lowest BCUT2D eigenvalue weighted by molar-refractivity contribution is -0.126. The lowest BCUT2D eigenvalue weighted by Gasteiger charge is -2.34. The molecule has 0 radical (unpaired) electrons. The molecule has 1 atom stereocenters. The Morgan fingerprint density at radius 1 is 1.39 bits per heavy atom. The molecule has 1 N–H and O–H groups in total. The van der Waals surface area contributed by atoms with Gasteiger partial charge in [0.25, 0.3) is 5.91 Å². The Balaban J connectivity index is 1.67. The van der Waals surface area contributed by atoms with Crippen LogP contribution in [0.25, 0.3) is 0 Å². The minimum absolute atomic E-state index is 0.180. The highest BCUT2D eigenvalue weighted by molar-refractivity contribution is 5.95. The molecular formula is C16H19N3O4. The number of carbonyl (C=O) groups excluding carboxylic acids is 2. The fourth-order valence-corrected chi connectivity index (χ4v) is 2.77. The number of oxazole rings is 1. The van der Waals surface area contributed by atoms with Gasteiger partial charge in [-0.3, -0.25) is 9.59 Å². The molecule has 0 saturated carbocycles. The number of carbonyl (C=O) groups is 2. The molecule has 0 aliphatic carbocycles. The Kier molecular flexibility index (Phi) is 4.45. The van der Waals surface area contributed by atoms with Gasteiger partial charge in [-0.25, -0.2) is 4.98 Å². The lowest BCUT2D eigenvalue weighted by atomic mass is 10.0. The smallest absolute Gasteiger partial charge is 0.290 e. The van der Waals surface area contributed by atoms with Crippen LogP contribution in [0.4, 0.5) is 0 Å². The van der Waals surface area contributed by atoms with Gasteiger partial charge in [-0.05, 0) is 38.3 Å². The van der Waals surface area contributed by atoms with E-state index in [1.54, 1.807) is 17.0 Å². The molecule has 122 valence electrons. The van der Waals surface area contributed by atoms with Gasteiger partial charge in [-0.2, -0.15) is 0 Å². The van der Waals surface area contributed by atoms with Crippen LogP contribution in [-0.4, -0.2) is 34.3 Å².